The first-order valence-electron chi connectivity index (χ1n) is 7.36. The van der Waals surface area contributed by atoms with Gasteiger partial charge in [-0.25, -0.2) is 4.98 Å². The molecule has 1 aromatic heterocycles. The molecule has 1 aliphatic rings. The van der Waals surface area contributed by atoms with Crippen LogP contribution in [0.1, 0.15) is 48.4 Å². The Morgan fingerprint density at radius 3 is 2.65 bits per heavy atom. The van der Waals surface area contributed by atoms with E-state index in [2.05, 4.69) is 54.0 Å². The van der Waals surface area contributed by atoms with Crippen LogP contribution in [-0.2, 0) is 0 Å². The van der Waals surface area contributed by atoms with Crippen molar-refractivity contribution in [2.75, 3.05) is 0 Å². The van der Waals surface area contributed by atoms with E-state index in [1.54, 1.807) is 0 Å². The van der Waals surface area contributed by atoms with Gasteiger partial charge in [-0.15, -0.1) is 11.3 Å². The standard InChI is InChI=1S/C17H20BrNS/c1-11-4-3-5-14(10-11)17-19-16(12(2)20-17)13-6-8-15(18)9-7-13/h6-9,11,14H,3-5,10H2,1-2H3. The lowest BCUT2D eigenvalue weighted by atomic mass is 9.83. The van der Waals surface area contributed by atoms with Gasteiger partial charge < -0.3 is 0 Å². The van der Waals surface area contributed by atoms with Crippen molar-refractivity contribution >= 4 is 27.3 Å². The van der Waals surface area contributed by atoms with Crippen LogP contribution in [0, 0.1) is 12.8 Å². The van der Waals surface area contributed by atoms with Crippen molar-refractivity contribution in [1.82, 2.24) is 4.98 Å². The van der Waals surface area contributed by atoms with Gasteiger partial charge in [0.1, 0.15) is 0 Å². The van der Waals surface area contributed by atoms with Crippen LogP contribution >= 0.6 is 27.3 Å². The fraction of sp³-hybridized carbons (Fsp3) is 0.471. The SMILES string of the molecule is Cc1sc(C2CCCC(C)C2)nc1-c1ccc(Br)cc1. The Morgan fingerprint density at radius 2 is 1.95 bits per heavy atom. The van der Waals surface area contributed by atoms with Gasteiger partial charge in [-0.05, 0) is 37.8 Å². The molecule has 106 valence electrons. The maximum Gasteiger partial charge on any atom is 0.0966 e. The summed E-state index contributed by atoms with van der Waals surface area (Å²) >= 11 is 5.39. The zero-order valence-electron chi connectivity index (χ0n) is 12.0. The van der Waals surface area contributed by atoms with Crippen LogP contribution in [-0.4, -0.2) is 4.98 Å². The van der Waals surface area contributed by atoms with E-state index in [0.717, 1.165) is 10.4 Å². The van der Waals surface area contributed by atoms with Gasteiger partial charge in [0, 0.05) is 20.8 Å². The van der Waals surface area contributed by atoms with E-state index < -0.39 is 0 Å². The van der Waals surface area contributed by atoms with Gasteiger partial charge in [0.05, 0.1) is 10.7 Å². The summed E-state index contributed by atoms with van der Waals surface area (Å²) in [5.41, 5.74) is 2.41. The van der Waals surface area contributed by atoms with E-state index in [1.807, 2.05) is 11.3 Å². The number of aryl methyl sites for hydroxylation is 1. The third kappa shape index (κ3) is 2.99. The zero-order valence-corrected chi connectivity index (χ0v) is 14.4. The highest BCUT2D eigenvalue weighted by molar-refractivity contribution is 9.10. The maximum absolute atomic E-state index is 4.97. The third-order valence-corrected chi connectivity index (χ3v) is 5.88. The monoisotopic (exact) mass is 349 g/mol. The minimum Gasteiger partial charge on any atom is -0.241 e. The molecule has 2 unspecified atom stereocenters. The molecule has 2 aromatic rings. The second-order valence-electron chi connectivity index (χ2n) is 5.93. The van der Waals surface area contributed by atoms with Crippen LogP contribution < -0.4 is 0 Å². The van der Waals surface area contributed by atoms with Gasteiger partial charge in [0.15, 0.2) is 0 Å². The number of benzene rings is 1. The molecule has 1 heterocycles. The van der Waals surface area contributed by atoms with Crippen molar-refractivity contribution in [3.05, 3.63) is 38.6 Å². The fourth-order valence-corrected chi connectivity index (χ4v) is 4.48. The predicted octanol–water partition coefficient (Wildman–Crippen LogP) is 6.17. The first-order chi connectivity index (χ1) is 9.63. The molecule has 0 aliphatic heterocycles. The van der Waals surface area contributed by atoms with Gasteiger partial charge in [0.2, 0.25) is 0 Å². The molecule has 0 radical (unpaired) electrons. The minimum absolute atomic E-state index is 0.687. The van der Waals surface area contributed by atoms with Crippen LogP contribution in [0.25, 0.3) is 11.3 Å². The largest absolute Gasteiger partial charge is 0.241 e. The van der Waals surface area contributed by atoms with E-state index >= 15 is 0 Å². The van der Waals surface area contributed by atoms with E-state index in [1.165, 1.54) is 46.8 Å². The van der Waals surface area contributed by atoms with Gasteiger partial charge in [-0.3, -0.25) is 0 Å². The average Bonchev–Trinajstić information content (AvgIpc) is 2.82. The topological polar surface area (TPSA) is 12.9 Å². The molecule has 1 saturated carbocycles. The Hall–Kier alpha value is -0.670. The highest BCUT2D eigenvalue weighted by atomic mass is 79.9. The molecule has 2 atom stereocenters. The van der Waals surface area contributed by atoms with Crippen LogP contribution in [0.5, 0.6) is 0 Å². The lowest BCUT2D eigenvalue weighted by Crippen LogP contribution is -2.11. The Bertz CT molecular complexity index is 588. The summed E-state index contributed by atoms with van der Waals surface area (Å²) < 4.78 is 1.12. The molecule has 0 amide bonds. The van der Waals surface area contributed by atoms with E-state index in [0.29, 0.717) is 5.92 Å². The van der Waals surface area contributed by atoms with E-state index in [4.69, 9.17) is 4.98 Å². The molecule has 0 bridgehead atoms. The summed E-state index contributed by atoms with van der Waals surface area (Å²) in [6.45, 7) is 4.58. The highest BCUT2D eigenvalue weighted by Crippen LogP contribution is 2.40. The number of thiazole rings is 1. The number of aromatic nitrogens is 1. The molecule has 3 heteroatoms. The Kier molecular flexibility index (Phi) is 4.27. The maximum atomic E-state index is 4.97. The van der Waals surface area contributed by atoms with Crippen molar-refractivity contribution < 1.29 is 0 Å². The summed E-state index contributed by atoms with van der Waals surface area (Å²) in [5, 5.41) is 1.35. The molecule has 1 aliphatic carbocycles. The lowest BCUT2D eigenvalue weighted by Gasteiger charge is -2.24. The number of rotatable bonds is 2. The van der Waals surface area contributed by atoms with Crippen LogP contribution in [0.2, 0.25) is 0 Å². The van der Waals surface area contributed by atoms with Crippen molar-refractivity contribution in [2.45, 2.75) is 45.4 Å². The van der Waals surface area contributed by atoms with Crippen molar-refractivity contribution in [3.63, 3.8) is 0 Å². The van der Waals surface area contributed by atoms with Crippen LogP contribution in [0.3, 0.4) is 0 Å². The van der Waals surface area contributed by atoms with Crippen molar-refractivity contribution in [1.29, 1.82) is 0 Å². The quantitative estimate of drug-likeness (QED) is 0.631. The van der Waals surface area contributed by atoms with E-state index in [9.17, 15) is 0 Å². The second-order valence-corrected chi connectivity index (χ2v) is 8.08. The third-order valence-electron chi connectivity index (χ3n) is 4.22. The summed E-state index contributed by atoms with van der Waals surface area (Å²) in [5.74, 6) is 1.54. The molecule has 1 fully saturated rings. The predicted molar refractivity (Wildman–Crippen MR) is 90.4 cm³/mol. The molecule has 3 rings (SSSR count). The minimum atomic E-state index is 0.687. The molecule has 0 saturated heterocycles. The highest BCUT2D eigenvalue weighted by Gasteiger charge is 2.24. The normalized spacial score (nSPS) is 22.9. The molecule has 20 heavy (non-hydrogen) atoms. The number of nitrogens with zero attached hydrogens (tertiary/aromatic N) is 1. The van der Waals surface area contributed by atoms with E-state index in [-0.39, 0.29) is 0 Å². The van der Waals surface area contributed by atoms with Crippen LogP contribution in [0.4, 0.5) is 0 Å². The fourth-order valence-electron chi connectivity index (χ4n) is 3.13. The molecular weight excluding hydrogens is 330 g/mol. The first-order valence-corrected chi connectivity index (χ1v) is 8.97. The van der Waals surface area contributed by atoms with Crippen molar-refractivity contribution in [2.24, 2.45) is 5.92 Å². The lowest BCUT2D eigenvalue weighted by molar-refractivity contribution is 0.343. The van der Waals surface area contributed by atoms with Gasteiger partial charge in [-0.1, -0.05) is 47.8 Å². The summed E-state index contributed by atoms with van der Waals surface area (Å²) in [7, 11) is 0. The van der Waals surface area contributed by atoms with Crippen molar-refractivity contribution in [3.8, 4) is 11.3 Å². The molecule has 1 aromatic carbocycles. The average molecular weight is 350 g/mol. The zero-order chi connectivity index (χ0) is 14.1. The summed E-state index contributed by atoms with van der Waals surface area (Å²) in [6.07, 6.45) is 5.38. The smallest absolute Gasteiger partial charge is 0.0966 e. The second kappa shape index (κ2) is 5.98. The summed E-state index contributed by atoms with van der Waals surface area (Å²) in [6, 6.07) is 8.49. The molecular formula is C17H20BrNS. The van der Waals surface area contributed by atoms with Gasteiger partial charge in [0.25, 0.3) is 0 Å². The molecule has 0 spiro atoms. The Morgan fingerprint density at radius 1 is 1.20 bits per heavy atom. The number of hydrogen-bond acceptors (Lipinski definition) is 2. The molecule has 1 nitrogen and oxygen atoms in total. The summed E-state index contributed by atoms with van der Waals surface area (Å²) in [4.78, 5) is 6.32. The molecule has 0 N–H and O–H groups in total. The van der Waals surface area contributed by atoms with Gasteiger partial charge in [-0.2, -0.15) is 0 Å². The first kappa shape index (κ1) is 14.3. The van der Waals surface area contributed by atoms with Gasteiger partial charge >= 0.3 is 0 Å². The number of halogens is 1. The van der Waals surface area contributed by atoms with Crippen LogP contribution in [0.15, 0.2) is 28.7 Å². The Labute approximate surface area is 133 Å². The Balaban J connectivity index is 1.88. The number of hydrogen-bond donors (Lipinski definition) is 0.